The average molecular weight is 260 g/mol. The molecule has 2 atom stereocenters. The first-order valence-electron chi connectivity index (χ1n) is 5.54. The summed E-state index contributed by atoms with van der Waals surface area (Å²) in [6, 6.07) is 0. The molecule has 0 spiro atoms. The van der Waals surface area contributed by atoms with Crippen molar-refractivity contribution in [3.05, 3.63) is 0 Å². The number of rotatable bonds is 8. The molecule has 2 unspecified atom stereocenters. The van der Waals surface area contributed by atoms with Gasteiger partial charge < -0.3 is 9.66 Å². The SMILES string of the molecule is CCCC(O)CCC(CCC)S(=O)(=O)[O-].[Na+]. The molecule has 92 valence electrons. The first kappa shape index (κ1) is 19.2. The second kappa shape index (κ2) is 9.85. The van der Waals surface area contributed by atoms with Crippen molar-refractivity contribution in [3.63, 3.8) is 0 Å². The molecule has 0 fully saturated rings. The van der Waals surface area contributed by atoms with E-state index >= 15 is 0 Å². The summed E-state index contributed by atoms with van der Waals surface area (Å²) in [5.41, 5.74) is 0. The van der Waals surface area contributed by atoms with Crippen LogP contribution in [0.15, 0.2) is 0 Å². The summed E-state index contributed by atoms with van der Waals surface area (Å²) in [5, 5.41) is 8.61. The Bertz CT molecular complexity index is 254. The van der Waals surface area contributed by atoms with Crippen LogP contribution in [0.4, 0.5) is 0 Å². The fourth-order valence-corrected chi connectivity index (χ4v) is 2.56. The van der Waals surface area contributed by atoms with Crippen LogP contribution in [0.5, 0.6) is 0 Å². The molecule has 4 nitrogen and oxygen atoms in total. The number of hydrogen-bond acceptors (Lipinski definition) is 4. The Balaban J connectivity index is 0. The van der Waals surface area contributed by atoms with Crippen LogP contribution >= 0.6 is 0 Å². The van der Waals surface area contributed by atoms with E-state index in [1.54, 1.807) is 0 Å². The van der Waals surface area contributed by atoms with Crippen LogP contribution in [-0.2, 0) is 10.1 Å². The molecule has 0 aromatic rings. The maximum Gasteiger partial charge on any atom is 1.00 e. The molecule has 0 aromatic carbocycles. The third-order valence-corrected chi connectivity index (χ3v) is 3.75. The molecule has 0 saturated carbocycles. The van der Waals surface area contributed by atoms with Gasteiger partial charge in [-0.3, -0.25) is 0 Å². The molecular formula is C10H21NaO4S. The first-order chi connectivity index (χ1) is 6.91. The maximum absolute atomic E-state index is 10.9. The van der Waals surface area contributed by atoms with E-state index in [9.17, 15) is 18.1 Å². The maximum atomic E-state index is 10.9. The molecule has 0 saturated heterocycles. The predicted molar refractivity (Wildman–Crippen MR) is 58.5 cm³/mol. The zero-order chi connectivity index (χ0) is 11.9. The van der Waals surface area contributed by atoms with E-state index in [1.807, 2.05) is 13.8 Å². The number of aliphatic hydroxyl groups is 1. The van der Waals surface area contributed by atoms with Crippen molar-refractivity contribution in [2.45, 2.75) is 63.7 Å². The molecule has 0 aliphatic carbocycles. The van der Waals surface area contributed by atoms with Gasteiger partial charge in [0, 0.05) is 5.25 Å². The Morgan fingerprint density at radius 1 is 1.06 bits per heavy atom. The molecule has 0 bridgehead atoms. The largest absolute Gasteiger partial charge is 1.00 e. The minimum Gasteiger partial charge on any atom is -0.748 e. The molecule has 0 heterocycles. The van der Waals surface area contributed by atoms with Crippen LogP contribution in [0, 0.1) is 0 Å². The number of aliphatic hydroxyl groups excluding tert-OH is 1. The molecule has 0 radical (unpaired) electrons. The zero-order valence-corrected chi connectivity index (χ0v) is 13.3. The molecule has 0 amide bonds. The summed E-state index contributed by atoms with van der Waals surface area (Å²) in [6.07, 6.45) is 2.80. The van der Waals surface area contributed by atoms with Gasteiger partial charge in [-0.25, -0.2) is 8.42 Å². The second-order valence-electron chi connectivity index (χ2n) is 3.92. The minimum atomic E-state index is -4.20. The molecule has 0 aromatic heterocycles. The van der Waals surface area contributed by atoms with Crippen molar-refractivity contribution < 1.29 is 47.6 Å². The predicted octanol–water partition coefficient (Wildman–Crippen LogP) is -1.35. The monoisotopic (exact) mass is 260 g/mol. The van der Waals surface area contributed by atoms with Gasteiger partial charge in [0.05, 0.1) is 16.2 Å². The van der Waals surface area contributed by atoms with Gasteiger partial charge in [0.15, 0.2) is 0 Å². The van der Waals surface area contributed by atoms with Crippen LogP contribution in [0.1, 0.15) is 52.4 Å². The van der Waals surface area contributed by atoms with Crippen molar-refractivity contribution in [2.75, 3.05) is 0 Å². The average Bonchev–Trinajstić information content (AvgIpc) is 2.10. The van der Waals surface area contributed by atoms with Crippen molar-refractivity contribution in [3.8, 4) is 0 Å². The molecule has 6 heteroatoms. The summed E-state index contributed by atoms with van der Waals surface area (Å²) in [5.74, 6) is 0. The second-order valence-corrected chi connectivity index (χ2v) is 5.58. The number of hydrogen-bond donors (Lipinski definition) is 1. The molecule has 0 aliphatic rings. The van der Waals surface area contributed by atoms with Crippen LogP contribution in [-0.4, -0.2) is 29.4 Å². The van der Waals surface area contributed by atoms with Crippen molar-refractivity contribution in [1.29, 1.82) is 0 Å². The fourth-order valence-electron chi connectivity index (χ4n) is 1.61. The van der Waals surface area contributed by atoms with Gasteiger partial charge in [0.1, 0.15) is 0 Å². The smallest absolute Gasteiger partial charge is 0.748 e. The summed E-state index contributed by atoms with van der Waals surface area (Å²) in [4.78, 5) is 0. The first-order valence-corrected chi connectivity index (χ1v) is 7.01. The third-order valence-electron chi connectivity index (χ3n) is 2.46. The normalized spacial score (nSPS) is 15.2. The Morgan fingerprint density at radius 3 is 1.94 bits per heavy atom. The van der Waals surface area contributed by atoms with E-state index in [0.29, 0.717) is 25.7 Å². The fraction of sp³-hybridized carbons (Fsp3) is 1.00. The van der Waals surface area contributed by atoms with Gasteiger partial charge in [-0.2, -0.15) is 0 Å². The Hall–Kier alpha value is 0.870. The Labute approximate surface area is 121 Å². The Morgan fingerprint density at radius 2 is 1.56 bits per heavy atom. The van der Waals surface area contributed by atoms with E-state index in [1.165, 1.54) is 0 Å². The van der Waals surface area contributed by atoms with Crippen LogP contribution in [0.2, 0.25) is 0 Å². The van der Waals surface area contributed by atoms with Crippen molar-refractivity contribution in [1.82, 2.24) is 0 Å². The van der Waals surface area contributed by atoms with E-state index < -0.39 is 21.5 Å². The van der Waals surface area contributed by atoms with Gasteiger partial charge in [-0.15, -0.1) is 0 Å². The molecule has 0 aliphatic heterocycles. The van der Waals surface area contributed by atoms with Gasteiger partial charge in [-0.1, -0.05) is 26.7 Å². The van der Waals surface area contributed by atoms with Crippen LogP contribution in [0.25, 0.3) is 0 Å². The van der Waals surface area contributed by atoms with Gasteiger partial charge in [0.2, 0.25) is 0 Å². The summed E-state index contributed by atoms with van der Waals surface area (Å²) in [6.45, 7) is 3.80. The van der Waals surface area contributed by atoms with Gasteiger partial charge in [0.25, 0.3) is 0 Å². The van der Waals surface area contributed by atoms with Crippen molar-refractivity contribution >= 4 is 10.1 Å². The van der Waals surface area contributed by atoms with Crippen LogP contribution < -0.4 is 29.6 Å². The van der Waals surface area contributed by atoms with Gasteiger partial charge in [-0.05, 0) is 25.7 Å². The summed E-state index contributed by atoms with van der Waals surface area (Å²) < 4.78 is 32.6. The summed E-state index contributed by atoms with van der Waals surface area (Å²) >= 11 is 0. The van der Waals surface area contributed by atoms with E-state index in [-0.39, 0.29) is 36.0 Å². The topological polar surface area (TPSA) is 77.4 Å². The van der Waals surface area contributed by atoms with E-state index in [0.717, 1.165) is 6.42 Å². The summed E-state index contributed by atoms with van der Waals surface area (Å²) in [7, 11) is -4.20. The third kappa shape index (κ3) is 8.96. The zero-order valence-electron chi connectivity index (χ0n) is 10.5. The molecule has 1 N–H and O–H groups in total. The van der Waals surface area contributed by atoms with E-state index in [2.05, 4.69) is 0 Å². The molecule has 16 heavy (non-hydrogen) atoms. The Kier molecular flexibility index (Phi) is 11.8. The quantitative estimate of drug-likeness (QED) is 0.432. The minimum absolute atomic E-state index is 0. The molecule has 0 rings (SSSR count). The van der Waals surface area contributed by atoms with Gasteiger partial charge >= 0.3 is 29.6 Å². The van der Waals surface area contributed by atoms with Crippen molar-refractivity contribution in [2.24, 2.45) is 0 Å². The standard InChI is InChI=1S/C10H22O4S.Na/c1-3-5-9(11)7-8-10(6-4-2)15(12,13)14;/h9-11H,3-8H2,1-2H3,(H,12,13,14);/q;+1/p-1. The van der Waals surface area contributed by atoms with Crippen LogP contribution in [0.3, 0.4) is 0 Å². The van der Waals surface area contributed by atoms with E-state index in [4.69, 9.17) is 0 Å². The molecular weight excluding hydrogens is 239 g/mol.